The molecular weight excluding hydrogens is 536 g/mol. The van der Waals surface area contributed by atoms with Crippen LogP contribution in [0.5, 0.6) is 0 Å². The van der Waals surface area contributed by atoms with Crippen LogP contribution in [0.1, 0.15) is 87.1 Å². The van der Waals surface area contributed by atoms with Crippen molar-refractivity contribution < 1.29 is 28.7 Å². The topological polar surface area (TPSA) is 134 Å². The summed E-state index contributed by atoms with van der Waals surface area (Å²) in [6.45, 7) is 17.1. The lowest BCUT2D eigenvalue weighted by Gasteiger charge is -2.36. The van der Waals surface area contributed by atoms with Gasteiger partial charge in [0.15, 0.2) is 0 Å². The van der Waals surface area contributed by atoms with Gasteiger partial charge in [-0.1, -0.05) is 78.3 Å². The van der Waals surface area contributed by atoms with Crippen LogP contribution >= 0.6 is 0 Å². The van der Waals surface area contributed by atoms with E-state index in [4.69, 9.17) is 4.74 Å². The minimum absolute atomic E-state index is 0.283. The minimum Gasteiger partial charge on any atom is -0.444 e. The van der Waals surface area contributed by atoms with Crippen LogP contribution in [-0.4, -0.2) is 71.3 Å². The molecule has 1 aliphatic heterocycles. The minimum atomic E-state index is -1.02. The van der Waals surface area contributed by atoms with Gasteiger partial charge >= 0.3 is 6.09 Å². The highest BCUT2D eigenvalue weighted by molar-refractivity contribution is 6.38. The highest BCUT2D eigenvalue weighted by atomic mass is 16.6. The average molecular weight is 587 g/mol. The molecule has 0 bridgehead atoms. The zero-order chi connectivity index (χ0) is 31.9. The van der Waals surface area contributed by atoms with E-state index in [1.54, 1.807) is 20.8 Å². The van der Waals surface area contributed by atoms with Crippen LogP contribution in [0, 0.1) is 10.8 Å². The predicted molar refractivity (Wildman–Crippen MR) is 162 cm³/mol. The number of nitrogens with zero attached hydrogens (tertiary/aromatic N) is 1. The van der Waals surface area contributed by atoms with E-state index in [2.05, 4.69) is 16.0 Å². The lowest BCUT2D eigenvalue weighted by molar-refractivity contribution is -0.144. The normalized spacial score (nSPS) is 18.0. The van der Waals surface area contributed by atoms with Crippen molar-refractivity contribution in [3.63, 3.8) is 0 Å². The van der Waals surface area contributed by atoms with E-state index < -0.39 is 58.7 Å². The number of rotatable bonds is 11. The van der Waals surface area contributed by atoms with Crippen LogP contribution in [0.25, 0.3) is 0 Å². The lowest BCUT2D eigenvalue weighted by atomic mass is 9.85. The van der Waals surface area contributed by atoms with Gasteiger partial charge < -0.3 is 25.6 Å². The zero-order valence-corrected chi connectivity index (χ0v) is 26.8. The Labute approximate surface area is 250 Å². The van der Waals surface area contributed by atoms with E-state index in [9.17, 15) is 24.0 Å². The van der Waals surface area contributed by atoms with Crippen LogP contribution in [0.3, 0.4) is 0 Å². The van der Waals surface area contributed by atoms with E-state index >= 15 is 0 Å². The molecule has 0 radical (unpaired) electrons. The summed E-state index contributed by atoms with van der Waals surface area (Å²) < 4.78 is 5.40. The lowest BCUT2D eigenvalue weighted by Crippen LogP contribution is -2.59. The van der Waals surface area contributed by atoms with Gasteiger partial charge in [-0.05, 0) is 56.4 Å². The number of alkyl carbamates (subject to hydrolysis) is 1. The fourth-order valence-corrected chi connectivity index (χ4v) is 5.01. The first-order valence-corrected chi connectivity index (χ1v) is 14.8. The fourth-order valence-electron chi connectivity index (χ4n) is 5.01. The number of likely N-dealkylation sites (tertiary alicyclic amines) is 1. The maximum atomic E-state index is 13.9. The van der Waals surface area contributed by atoms with Gasteiger partial charge in [-0.2, -0.15) is 0 Å². The Morgan fingerprint density at radius 3 is 2.17 bits per heavy atom. The summed E-state index contributed by atoms with van der Waals surface area (Å²) in [4.78, 5) is 67.5. The van der Waals surface area contributed by atoms with E-state index in [1.807, 2.05) is 71.9 Å². The fraction of sp³-hybridized carbons (Fsp3) is 0.656. The van der Waals surface area contributed by atoms with Crippen molar-refractivity contribution >= 4 is 29.6 Å². The Hall–Kier alpha value is -3.43. The van der Waals surface area contributed by atoms with Crippen LogP contribution in [-0.2, 0) is 30.3 Å². The molecule has 3 atom stereocenters. The van der Waals surface area contributed by atoms with Crippen molar-refractivity contribution in [2.45, 2.75) is 112 Å². The van der Waals surface area contributed by atoms with Gasteiger partial charge in [0.2, 0.25) is 17.6 Å². The third-order valence-corrected chi connectivity index (χ3v) is 7.06. The number of ether oxygens (including phenoxy) is 1. The molecule has 1 fully saturated rings. The van der Waals surface area contributed by atoms with Crippen molar-refractivity contribution in [2.75, 3.05) is 13.1 Å². The molecule has 0 spiro atoms. The second-order valence-corrected chi connectivity index (χ2v) is 14.0. The smallest absolute Gasteiger partial charge is 0.408 e. The standard InChI is InChI=1S/C32H50N4O6/c1-10-14-22(24(37)27(39)33-18-17-21-15-12-11-13-16-21)34-26(38)23-19-32(8,9)20-36(23)28(40)25(30(2,3)4)35-29(41)42-31(5,6)7/h11-13,15-16,22-23,25H,10,14,17-20H2,1-9H3,(H,33,39)(H,34,38)(H,35,41). The van der Waals surface area contributed by atoms with E-state index in [0.717, 1.165) is 5.56 Å². The number of hydrogen-bond donors (Lipinski definition) is 3. The van der Waals surface area contributed by atoms with Gasteiger partial charge in [0.05, 0.1) is 6.04 Å². The van der Waals surface area contributed by atoms with Crippen molar-refractivity contribution in [2.24, 2.45) is 10.8 Å². The van der Waals surface area contributed by atoms with Gasteiger partial charge in [-0.3, -0.25) is 19.2 Å². The van der Waals surface area contributed by atoms with Crippen LogP contribution < -0.4 is 16.0 Å². The number of carbonyl (C=O) groups is 5. The van der Waals surface area contributed by atoms with Crippen molar-refractivity contribution in [3.8, 4) is 0 Å². The summed E-state index contributed by atoms with van der Waals surface area (Å²) in [6.07, 6.45) is 1.07. The van der Waals surface area contributed by atoms with E-state index in [-0.39, 0.29) is 11.8 Å². The Morgan fingerprint density at radius 2 is 1.62 bits per heavy atom. The number of Topliss-reactive ketones (excluding diaryl/α,β-unsaturated/α-hetero) is 1. The Morgan fingerprint density at radius 1 is 1.00 bits per heavy atom. The quantitative estimate of drug-likeness (QED) is 0.338. The summed E-state index contributed by atoms with van der Waals surface area (Å²) in [7, 11) is 0. The first kappa shape index (κ1) is 34.8. The molecular formula is C32H50N4O6. The molecule has 1 saturated heterocycles. The van der Waals surface area contributed by atoms with Crippen LogP contribution in [0.15, 0.2) is 30.3 Å². The Balaban J connectivity index is 2.17. The first-order chi connectivity index (χ1) is 19.3. The summed E-state index contributed by atoms with van der Waals surface area (Å²) in [5.41, 5.74) is -0.778. The molecule has 2 rings (SSSR count). The zero-order valence-electron chi connectivity index (χ0n) is 26.8. The van der Waals surface area contributed by atoms with Gasteiger partial charge in [0.25, 0.3) is 5.91 Å². The molecule has 0 saturated carbocycles. The molecule has 1 aromatic carbocycles. The van der Waals surface area contributed by atoms with Crippen molar-refractivity contribution in [3.05, 3.63) is 35.9 Å². The molecule has 10 heteroatoms. The van der Waals surface area contributed by atoms with Crippen LogP contribution in [0.4, 0.5) is 4.79 Å². The highest BCUT2D eigenvalue weighted by Crippen LogP contribution is 2.36. The summed E-state index contributed by atoms with van der Waals surface area (Å²) in [5.74, 6) is -2.37. The molecule has 4 amide bonds. The maximum Gasteiger partial charge on any atom is 0.408 e. The summed E-state index contributed by atoms with van der Waals surface area (Å²) in [6, 6.07) is 6.76. The van der Waals surface area contributed by atoms with E-state index in [1.165, 1.54) is 4.90 Å². The van der Waals surface area contributed by atoms with Gasteiger partial charge in [0.1, 0.15) is 17.7 Å². The first-order valence-electron chi connectivity index (χ1n) is 14.8. The molecule has 1 aromatic rings. The Bertz CT molecular complexity index is 1120. The molecule has 1 aliphatic rings. The molecule has 1 heterocycles. The molecule has 42 heavy (non-hydrogen) atoms. The number of ketones is 1. The average Bonchev–Trinajstić information content (AvgIpc) is 3.20. The Kier molecular flexibility index (Phi) is 11.7. The van der Waals surface area contributed by atoms with Crippen LogP contribution in [0.2, 0.25) is 0 Å². The number of amides is 4. The molecule has 3 N–H and O–H groups in total. The number of hydrogen-bond acceptors (Lipinski definition) is 6. The van der Waals surface area contributed by atoms with Gasteiger partial charge in [-0.25, -0.2) is 4.79 Å². The summed E-state index contributed by atoms with van der Waals surface area (Å²) in [5, 5.41) is 8.14. The van der Waals surface area contributed by atoms with Gasteiger partial charge in [0, 0.05) is 13.1 Å². The van der Waals surface area contributed by atoms with Crippen molar-refractivity contribution in [1.29, 1.82) is 0 Å². The summed E-state index contributed by atoms with van der Waals surface area (Å²) >= 11 is 0. The maximum absolute atomic E-state index is 13.9. The number of carbonyl (C=O) groups excluding carboxylic acids is 5. The molecule has 234 valence electrons. The number of nitrogens with one attached hydrogen (secondary N) is 3. The molecule has 10 nitrogen and oxygen atoms in total. The molecule has 3 unspecified atom stereocenters. The van der Waals surface area contributed by atoms with Gasteiger partial charge in [-0.15, -0.1) is 0 Å². The second-order valence-electron chi connectivity index (χ2n) is 14.0. The number of benzene rings is 1. The van der Waals surface area contributed by atoms with E-state index in [0.29, 0.717) is 32.4 Å². The third-order valence-electron chi connectivity index (χ3n) is 7.06. The third kappa shape index (κ3) is 10.4. The predicted octanol–water partition coefficient (Wildman–Crippen LogP) is 3.77. The monoisotopic (exact) mass is 586 g/mol. The highest BCUT2D eigenvalue weighted by Gasteiger charge is 2.48. The molecule has 0 aromatic heterocycles. The SMILES string of the molecule is CCCC(NC(=O)C1CC(C)(C)CN1C(=O)C(NC(=O)OC(C)(C)C)C(C)(C)C)C(=O)C(=O)NCCc1ccccc1. The largest absolute Gasteiger partial charge is 0.444 e. The molecule has 0 aliphatic carbocycles. The second kappa shape index (κ2) is 14.2. The van der Waals surface area contributed by atoms with Crippen molar-refractivity contribution in [1.82, 2.24) is 20.9 Å².